The van der Waals surface area contributed by atoms with Crippen molar-refractivity contribution in [2.45, 2.75) is 62.2 Å². The molecule has 0 amide bonds. The summed E-state index contributed by atoms with van der Waals surface area (Å²) in [7, 11) is 3.74. The summed E-state index contributed by atoms with van der Waals surface area (Å²) in [5.74, 6) is 4.90. The molecule has 1 aromatic carbocycles. The number of methoxy groups -OCH3 is 2. The van der Waals surface area contributed by atoms with Gasteiger partial charge in [0.2, 0.25) is 0 Å². The first-order chi connectivity index (χ1) is 10.8. The Kier molecular flexibility index (Phi) is 2.69. The Balaban J connectivity index is 1.88. The Labute approximate surface area is 132 Å². The molecule has 2 heteroatoms. The van der Waals surface area contributed by atoms with Crippen LogP contribution in [0.3, 0.4) is 0 Å². The highest BCUT2D eigenvalue weighted by Crippen LogP contribution is 2.62. The van der Waals surface area contributed by atoms with E-state index in [1.165, 1.54) is 72.3 Å². The Morgan fingerprint density at radius 3 is 1.36 bits per heavy atom. The van der Waals surface area contributed by atoms with E-state index in [1.807, 2.05) is 14.2 Å². The van der Waals surface area contributed by atoms with Gasteiger partial charge in [-0.15, -0.1) is 0 Å². The van der Waals surface area contributed by atoms with E-state index in [9.17, 15) is 0 Å². The van der Waals surface area contributed by atoms with Crippen LogP contribution in [0.1, 0.15) is 84.5 Å². The molecule has 6 aliphatic carbocycles. The van der Waals surface area contributed by atoms with Gasteiger partial charge in [-0.2, -0.15) is 0 Å². The third-order valence-electron chi connectivity index (χ3n) is 6.62. The van der Waals surface area contributed by atoms with Crippen LogP contribution in [0.25, 0.3) is 0 Å². The number of ether oxygens (including phenoxy) is 2. The van der Waals surface area contributed by atoms with Crippen molar-refractivity contribution < 1.29 is 9.47 Å². The molecule has 6 aliphatic rings. The van der Waals surface area contributed by atoms with Crippen molar-refractivity contribution in [1.82, 2.24) is 0 Å². The normalized spacial score (nSPS) is 33.5. The maximum atomic E-state index is 6.03. The van der Waals surface area contributed by atoms with Gasteiger partial charge in [-0.1, -0.05) is 12.2 Å². The molecule has 0 saturated heterocycles. The van der Waals surface area contributed by atoms with Gasteiger partial charge in [0.15, 0.2) is 0 Å². The van der Waals surface area contributed by atoms with Crippen molar-refractivity contribution in [1.29, 1.82) is 0 Å². The molecule has 22 heavy (non-hydrogen) atoms. The Morgan fingerprint density at radius 1 is 0.636 bits per heavy atom. The quantitative estimate of drug-likeness (QED) is 0.716. The molecule has 1 aromatic rings. The highest BCUT2D eigenvalue weighted by atomic mass is 16.5. The number of fused-ring (bicyclic) bond motifs is 3. The van der Waals surface area contributed by atoms with Crippen LogP contribution >= 0.6 is 0 Å². The van der Waals surface area contributed by atoms with Crippen LogP contribution in [0.5, 0.6) is 11.5 Å². The summed E-state index contributed by atoms with van der Waals surface area (Å²) in [6.07, 6.45) is 12.7. The predicted octanol–water partition coefficient (Wildman–Crippen LogP) is 4.99. The lowest BCUT2D eigenvalue weighted by Crippen LogP contribution is -2.28. The molecule has 0 heterocycles. The SMILES string of the molecule is COc1c2c(c(OC)c3c1[C@@H]1C=C[C@H]3CC1)C1CCC2CC1. The van der Waals surface area contributed by atoms with E-state index in [0.717, 1.165) is 0 Å². The van der Waals surface area contributed by atoms with Crippen molar-refractivity contribution in [2.75, 3.05) is 14.2 Å². The first-order valence-electron chi connectivity index (χ1n) is 8.83. The Hall–Kier alpha value is -1.44. The molecule has 1 saturated carbocycles. The highest BCUT2D eigenvalue weighted by molar-refractivity contribution is 5.68. The van der Waals surface area contributed by atoms with Gasteiger partial charge in [-0.05, 0) is 50.4 Å². The van der Waals surface area contributed by atoms with Crippen LogP contribution < -0.4 is 9.47 Å². The molecule has 0 radical (unpaired) electrons. The fourth-order valence-corrected chi connectivity index (χ4v) is 5.74. The van der Waals surface area contributed by atoms with E-state index in [1.54, 1.807) is 0 Å². The second kappa shape index (κ2) is 4.53. The Bertz CT molecular complexity index is 608. The van der Waals surface area contributed by atoms with Crippen LogP contribution in [0.15, 0.2) is 12.2 Å². The van der Waals surface area contributed by atoms with E-state index in [2.05, 4.69) is 12.2 Å². The summed E-state index contributed by atoms with van der Waals surface area (Å²) in [5, 5.41) is 0. The molecular formula is C20H24O2. The molecular weight excluding hydrogens is 272 g/mol. The summed E-state index contributed by atoms with van der Waals surface area (Å²) < 4.78 is 12.1. The molecule has 0 unspecified atom stereocenters. The summed E-state index contributed by atoms with van der Waals surface area (Å²) in [6.45, 7) is 0. The largest absolute Gasteiger partial charge is 0.496 e. The first-order valence-corrected chi connectivity index (χ1v) is 8.83. The topological polar surface area (TPSA) is 18.5 Å². The third kappa shape index (κ3) is 1.46. The molecule has 0 aliphatic heterocycles. The van der Waals surface area contributed by atoms with Crippen molar-refractivity contribution in [3.63, 3.8) is 0 Å². The average molecular weight is 296 g/mol. The van der Waals surface area contributed by atoms with E-state index in [4.69, 9.17) is 9.47 Å². The van der Waals surface area contributed by atoms with E-state index in [-0.39, 0.29) is 0 Å². The summed E-state index contributed by atoms with van der Waals surface area (Å²) in [6, 6.07) is 0. The minimum Gasteiger partial charge on any atom is -0.496 e. The number of allylic oxidation sites excluding steroid dienone is 2. The van der Waals surface area contributed by atoms with Crippen LogP contribution in [0.2, 0.25) is 0 Å². The van der Waals surface area contributed by atoms with Crippen molar-refractivity contribution in [3.05, 3.63) is 34.4 Å². The molecule has 2 nitrogen and oxygen atoms in total. The second-order valence-electron chi connectivity index (χ2n) is 7.44. The van der Waals surface area contributed by atoms with E-state index < -0.39 is 0 Å². The van der Waals surface area contributed by atoms with Gasteiger partial charge in [0.1, 0.15) is 11.5 Å². The van der Waals surface area contributed by atoms with Gasteiger partial charge in [0, 0.05) is 34.1 Å². The van der Waals surface area contributed by atoms with Crippen molar-refractivity contribution >= 4 is 0 Å². The fourth-order valence-electron chi connectivity index (χ4n) is 5.74. The molecule has 4 bridgehead atoms. The molecule has 2 atom stereocenters. The van der Waals surface area contributed by atoms with Gasteiger partial charge in [0.25, 0.3) is 0 Å². The van der Waals surface area contributed by atoms with Crippen LogP contribution in [0.4, 0.5) is 0 Å². The van der Waals surface area contributed by atoms with Crippen LogP contribution in [0, 0.1) is 0 Å². The average Bonchev–Trinajstić information content (AvgIpc) is 2.61. The first kappa shape index (κ1) is 13.0. The standard InChI is InChI=1S/C20H24O2/c1-21-19-15-11-3-7-13(8-4-11)17(15)20(22-2)18-14-9-5-12(6-10-14)16(18)19/h3,7,11-14H,4-6,8-10H2,1-2H3/t11-,12?,13+,14?. The molecule has 0 spiro atoms. The van der Waals surface area contributed by atoms with E-state index >= 15 is 0 Å². The third-order valence-corrected chi connectivity index (χ3v) is 6.62. The zero-order chi connectivity index (χ0) is 14.8. The lowest BCUT2D eigenvalue weighted by molar-refractivity contribution is 0.309. The smallest absolute Gasteiger partial charge is 0.126 e. The molecule has 116 valence electrons. The van der Waals surface area contributed by atoms with Crippen LogP contribution in [-0.2, 0) is 0 Å². The van der Waals surface area contributed by atoms with Gasteiger partial charge >= 0.3 is 0 Å². The number of hydrogen-bond donors (Lipinski definition) is 0. The lowest BCUT2D eigenvalue weighted by atomic mass is 9.62. The monoisotopic (exact) mass is 296 g/mol. The van der Waals surface area contributed by atoms with Gasteiger partial charge in [0.05, 0.1) is 14.2 Å². The van der Waals surface area contributed by atoms with E-state index in [0.29, 0.717) is 23.7 Å². The molecule has 0 N–H and O–H groups in total. The zero-order valence-electron chi connectivity index (χ0n) is 13.5. The highest BCUT2D eigenvalue weighted by Gasteiger charge is 2.44. The van der Waals surface area contributed by atoms with Gasteiger partial charge < -0.3 is 9.47 Å². The maximum Gasteiger partial charge on any atom is 0.126 e. The zero-order valence-corrected chi connectivity index (χ0v) is 13.5. The van der Waals surface area contributed by atoms with Gasteiger partial charge in [-0.3, -0.25) is 0 Å². The fraction of sp³-hybridized carbons (Fsp3) is 0.600. The number of hydrogen-bond acceptors (Lipinski definition) is 2. The predicted molar refractivity (Wildman–Crippen MR) is 87.4 cm³/mol. The molecule has 0 aromatic heterocycles. The minimum absolute atomic E-state index is 0.537. The Morgan fingerprint density at radius 2 is 1.05 bits per heavy atom. The maximum absolute atomic E-state index is 6.03. The minimum atomic E-state index is 0.537. The molecule has 7 rings (SSSR count). The molecule has 1 fully saturated rings. The van der Waals surface area contributed by atoms with Crippen molar-refractivity contribution in [2.24, 2.45) is 0 Å². The lowest BCUT2D eigenvalue weighted by Gasteiger charge is -2.44. The van der Waals surface area contributed by atoms with Crippen LogP contribution in [-0.4, -0.2) is 14.2 Å². The second-order valence-corrected chi connectivity index (χ2v) is 7.44. The summed E-state index contributed by atoms with van der Waals surface area (Å²) in [4.78, 5) is 0. The number of benzene rings is 1. The number of rotatable bonds is 2. The summed E-state index contributed by atoms with van der Waals surface area (Å²) >= 11 is 0. The summed E-state index contributed by atoms with van der Waals surface area (Å²) in [5.41, 5.74) is 5.96. The van der Waals surface area contributed by atoms with Gasteiger partial charge in [-0.25, -0.2) is 0 Å². The van der Waals surface area contributed by atoms with Crippen molar-refractivity contribution in [3.8, 4) is 11.5 Å².